The molecule has 0 heterocycles. The van der Waals surface area contributed by atoms with E-state index in [0.717, 1.165) is 11.6 Å². The van der Waals surface area contributed by atoms with Gasteiger partial charge in [-0.1, -0.05) is 48.0 Å². The summed E-state index contributed by atoms with van der Waals surface area (Å²) in [6.07, 6.45) is 1.20. The topological polar surface area (TPSA) is 12.0 Å². The second-order valence-corrected chi connectivity index (χ2v) is 5.72. The van der Waals surface area contributed by atoms with Crippen molar-refractivity contribution in [2.45, 2.75) is 25.3 Å². The average molecular weight is 272 g/mol. The van der Waals surface area contributed by atoms with Gasteiger partial charge in [-0.25, -0.2) is 0 Å². The molecule has 1 N–H and O–H groups in total. The summed E-state index contributed by atoms with van der Waals surface area (Å²) in [6.45, 7) is 3.24. The van der Waals surface area contributed by atoms with E-state index in [-0.39, 0.29) is 0 Å². The van der Waals surface area contributed by atoms with Crippen molar-refractivity contribution >= 4 is 11.6 Å². The Kier molecular flexibility index (Phi) is 3.58. The van der Waals surface area contributed by atoms with Crippen LogP contribution in [0.3, 0.4) is 0 Å². The molecule has 98 valence electrons. The van der Waals surface area contributed by atoms with Crippen molar-refractivity contribution in [1.29, 1.82) is 0 Å². The monoisotopic (exact) mass is 271 g/mol. The average Bonchev–Trinajstić information content (AvgIpc) is 2.40. The van der Waals surface area contributed by atoms with Crippen molar-refractivity contribution in [3.8, 4) is 0 Å². The largest absolute Gasteiger partial charge is 0.310 e. The summed E-state index contributed by atoms with van der Waals surface area (Å²) in [5.41, 5.74) is 4.31. The van der Waals surface area contributed by atoms with Crippen LogP contribution in [-0.4, -0.2) is 6.54 Å². The smallest absolute Gasteiger partial charge is 0.0406 e. The Balaban J connectivity index is 1.57. The molecule has 0 saturated heterocycles. The number of fused-ring (bicyclic) bond motifs is 1. The molecule has 1 unspecified atom stereocenters. The van der Waals surface area contributed by atoms with Crippen LogP contribution in [0.15, 0.2) is 48.5 Å². The second-order valence-electron chi connectivity index (χ2n) is 5.28. The first-order valence-electron chi connectivity index (χ1n) is 6.80. The predicted octanol–water partition coefficient (Wildman–Crippen LogP) is 4.33. The van der Waals surface area contributed by atoms with Gasteiger partial charge in [-0.2, -0.15) is 0 Å². The van der Waals surface area contributed by atoms with Gasteiger partial charge in [-0.15, -0.1) is 0 Å². The Morgan fingerprint density at radius 3 is 2.63 bits per heavy atom. The molecule has 0 amide bonds. The van der Waals surface area contributed by atoms with Crippen molar-refractivity contribution in [3.63, 3.8) is 0 Å². The van der Waals surface area contributed by atoms with E-state index in [9.17, 15) is 0 Å². The van der Waals surface area contributed by atoms with E-state index in [2.05, 4.69) is 48.6 Å². The fourth-order valence-electron chi connectivity index (χ4n) is 2.73. The van der Waals surface area contributed by atoms with Crippen LogP contribution in [0.5, 0.6) is 0 Å². The Morgan fingerprint density at radius 1 is 1.16 bits per heavy atom. The normalized spacial score (nSPS) is 18.5. The van der Waals surface area contributed by atoms with Gasteiger partial charge in [0.15, 0.2) is 0 Å². The Bertz CT molecular complexity index is 562. The van der Waals surface area contributed by atoms with E-state index in [1.54, 1.807) is 0 Å². The number of hydrogen-bond acceptors (Lipinski definition) is 1. The van der Waals surface area contributed by atoms with Gasteiger partial charge in [0.1, 0.15) is 0 Å². The van der Waals surface area contributed by atoms with E-state index in [1.807, 2.05) is 12.1 Å². The number of halogens is 1. The van der Waals surface area contributed by atoms with Crippen LogP contribution in [0.25, 0.3) is 0 Å². The van der Waals surface area contributed by atoms with E-state index < -0.39 is 0 Å². The van der Waals surface area contributed by atoms with Crippen molar-refractivity contribution in [2.24, 2.45) is 0 Å². The van der Waals surface area contributed by atoms with Gasteiger partial charge in [0, 0.05) is 23.5 Å². The molecule has 0 aliphatic heterocycles. The highest BCUT2D eigenvalue weighted by Gasteiger charge is 2.25. The lowest BCUT2D eigenvalue weighted by atomic mass is 9.77. The summed E-state index contributed by atoms with van der Waals surface area (Å²) >= 11 is 5.91. The van der Waals surface area contributed by atoms with Crippen molar-refractivity contribution in [2.75, 3.05) is 6.54 Å². The standard InChI is InChI=1S/C17H18ClN/c1-12(13-6-8-16(18)9-7-13)19-11-15-10-14-4-2-3-5-17(14)15/h2-9,12,15,19H,10-11H2,1H3/t12-,15?/m1/s1. The van der Waals surface area contributed by atoms with Crippen LogP contribution in [0.1, 0.15) is 35.6 Å². The zero-order chi connectivity index (χ0) is 13.2. The fourth-order valence-corrected chi connectivity index (χ4v) is 2.86. The van der Waals surface area contributed by atoms with Gasteiger partial charge in [0.25, 0.3) is 0 Å². The molecule has 2 aromatic carbocycles. The molecule has 0 fully saturated rings. The minimum atomic E-state index is 0.366. The van der Waals surface area contributed by atoms with E-state index in [0.29, 0.717) is 12.0 Å². The number of nitrogens with one attached hydrogen (secondary N) is 1. The van der Waals surface area contributed by atoms with Gasteiger partial charge >= 0.3 is 0 Å². The van der Waals surface area contributed by atoms with Crippen LogP contribution in [0.4, 0.5) is 0 Å². The third kappa shape index (κ3) is 2.68. The first kappa shape index (κ1) is 12.7. The van der Waals surface area contributed by atoms with Crippen LogP contribution < -0.4 is 5.32 Å². The summed E-state index contributed by atoms with van der Waals surface area (Å²) in [7, 11) is 0. The Morgan fingerprint density at radius 2 is 1.89 bits per heavy atom. The van der Waals surface area contributed by atoms with Gasteiger partial charge in [-0.05, 0) is 42.2 Å². The lowest BCUT2D eigenvalue weighted by molar-refractivity contribution is 0.489. The maximum Gasteiger partial charge on any atom is 0.0406 e. The molecular formula is C17H18ClN. The summed E-state index contributed by atoms with van der Waals surface area (Å²) in [4.78, 5) is 0. The third-order valence-corrected chi connectivity index (χ3v) is 4.25. The summed E-state index contributed by atoms with van der Waals surface area (Å²) in [5.74, 6) is 0.672. The Hall–Kier alpha value is -1.31. The molecule has 2 heteroatoms. The molecule has 0 spiro atoms. The first-order chi connectivity index (χ1) is 9.24. The molecule has 2 atom stereocenters. The highest BCUT2D eigenvalue weighted by atomic mass is 35.5. The third-order valence-electron chi connectivity index (χ3n) is 4.00. The molecule has 1 aliphatic carbocycles. The second kappa shape index (κ2) is 5.36. The van der Waals surface area contributed by atoms with Crippen LogP contribution in [0.2, 0.25) is 5.02 Å². The zero-order valence-electron chi connectivity index (χ0n) is 11.1. The van der Waals surface area contributed by atoms with Gasteiger partial charge < -0.3 is 5.32 Å². The first-order valence-corrected chi connectivity index (χ1v) is 7.18. The van der Waals surface area contributed by atoms with Gasteiger partial charge in [0.05, 0.1) is 0 Å². The van der Waals surface area contributed by atoms with E-state index >= 15 is 0 Å². The minimum Gasteiger partial charge on any atom is -0.310 e. The quantitative estimate of drug-likeness (QED) is 0.873. The summed E-state index contributed by atoms with van der Waals surface area (Å²) < 4.78 is 0. The fraction of sp³-hybridized carbons (Fsp3) is 0.294. The summed E-state index contributed by atoms with van der Waals surface area (Å²) in [5, 5.41) is 4.41. The van der Waals surface area contributed by atoms with E-state index in [1.165, 1.54) is 23.1 Å². The van der Waals surface area contributed by atoms with Crippen LogP contribution in [0, 0.1) is 0 Å². The molecule has 0 radical (unpaired) electrons. The molecule has 19 heavy (non-hydrogen) atoms. The maximum atomic E-state index is 5.91. The molecule has 0 aromatic heterocycles. The van der Waals surface area contributed by atoms with Crippen molar-refractivity contribution in [3.05, 3.63) is 70.2 Å². The summed E-state index contributed by atoms with van der Waals surface area (Å²) in [6, 6.07) is 17.2. The molecule has 3 rings (SSSR count). The lowest BCUT2D eigenvalue weighted by Crippen LogP contribution is -2.30. The molecular weight excluding hydrogens is 254 g/mol. The van der Waals surface area contributed by atoms with Gasteiger partial charge in [0.2, 0.25) is 0 Å². The molecule has 2 aromatic rings. The van der Waals surface area contributed by atoms with Crippen LogP contribution in [-0.2, 0) is 6.42 Å². The number of hydrogen-bond donors (Lipinski definition) is 1. The number of rotatable bonds is 4. The molecule has 0 bridgehead atoms. The molecule has 0 saturated carbocycles. The highest BCUT2D eigenvalue weighted by Crippen LogP contribution is 2.34. The van der Waals surface area contributed by atoms with Crippen molar-refractivity contribution < 1.29 is 0 Å². The Labute approximate surface area is 119 Å². The SMILES string of the molecule is C[C@@H](NCC1Cc2ccccc21)c1ccc(Cl)cc1. The maximum absolute atomic E-state index is 5.91. The number of benzene rings is 2. The van der Waals surface area contributed by atoms with Gasteiger partial charge in [-0.3, -0.25) is 0 Å². The lowest BCUT2D eigenvalue weighted by Gasteiger charge is -2.31. The zero-order valence-corrected chi connectivity index (χ0v) is 11.8. The van der Waals surface area contributed by atoms with E-state index in [4.69, 9.17) is 11.6 Å². The van der Waals surface area contributed by atoms with Crippen molar-refractivity contribution in [1.82, 2.24) is 5.32 Å². The molecule has 1 aliphatic rings. The highest BCUT2D eigenvalue weighted by molar-refractivity contribution is 6.30. The minimum absolute atomic E-state index is 0.366. The molecule has 1 nitrogen and oxygen atoms in total. The van der Waals surface area contributed by atoms with Crippen LogP contribution >= 0.6 is 11.6 Å². The predicted molar refractivity (Wildman–Crippen MR) is 80.8 cm³/mol.